The average Bonchev–Trinajstić information content (AvgIpc) is 0.854. The molecule has 0 saturated heterocycles. The Kier molecular flexibility index (Phi) is 61.5. The maximum absolute atomic E-state index is 11.7. The fourth-order valence-corrected chi connectivity index (χ4v) is 15.0. The predicted octanol–water partition coefficient (Wildman–Crippen LogP) is 25.9. The van der Waals surface area contributed by atoms with E-state index in [1.807, 2.05) is 0 Å². The van der Waals surface area contributed by atoms with Crippen LogP contribution in [-0.4, -0.2) is 108 Å². The molecule has 0 aliphatic carbocycles. The molecular formula is C90H166O12S2. The summed E-state index contributed by atoms with van der Waals surface area (Å²) in [5, 5.41) is 0. The molecule has 0 bridgehead atoms. The van der Waals surface area contributed by atoms with E-state index in [9.17, 15) is 16.8 Å². The van der Waals surface area contributed by atoms with Crippen molar-refractivity contribution in [2.45, 2.75) is 377 Å². The number of unbranched alkanes of at least 4 members (excludes halogenated alkanes) is 24. The van der Waals surface area contributed by atoms with Crippen LogP contribution >= 0.6 is 0 Å². The molecule has 8 atom stereocenters. The maximum Gasteiger partial charge on any atom is 0.264 e. The first-order valence-corrected chi connectivity index (χ1v) is 47.2. The first kappa shape index (κ1) is 97.8. The summed E-state index contributed by atoms with van der Waals surface area (Å²) in [5.41, 5.74) is 2.37. The highest BCUT2D eigenvalue weighted by Gasteiger charge is 2.18. The summed E-state index contributed by atoms with van der Waals surface area (Å²) in [6, 6.07) is 17.0. The fourth-order valence-electron chi connectivity index (χ4n) is 14.2. The molecule has 0 fully saturated rings. The molecular weight excluding hydrogens is 1340 g/mol. The van der Waals surface area contributed by atoms with Gasteiger partial charge in [0.25, 0.3) is 20.2 Å². The summed E-state index contributed by atoms with van der Waals surface area (Å²) >= 11 is 0. The minimum atomic E-state index is -3.54. The zero-order valence-corrected chi connectivity index (χ0v) is 71.3. The largest absolute Gasteiger partial charge is 0.494 e. The Morgan fingerprint density at radius 3 is 0.712 bits per heavy atom. The molecule has 610 valence electrons. The van der Waals surface area contributed by atoms with Gasteiger partial charge in [0.05, 0.1) is 52.2 Å². The van der Waals surface area contributed by atoms with Crippen LogP contribution in [0.5, 0.6) is 11.5 Å². The molecule has 0 saturated carbocycles. The van der Waals surface area contributed by atoms with Gasteiger partial charge in [-0.25, -0.2) is 0 Å². The van der Waals surface area contributed by atoms with Gasteiger partial charge in [0.2, 0.25) is 0 Å². The van der Waals surface area contributed by atoms with Crippen molar-refractivity contribution >= 4 is 20.2 Å². The number of ether oxygens (including phenoxy) is 6. The Bertz CT molecular complexity index is 2250. The van der Waals surface area contributed by atoms with Crippen molar-refractivity contribution in [3.63, 3.8) is 0 Å². The topological polar surface area (TPSA) is 142 Å². The first-order valence-electron chi connectivity index (χ1n) is 43.6. The Balaban J connectivity index is 1.39. The SMILES string of the molecule is CC(C)CCCC(C)CCCC(C)CCCC(C)CCOC(COCCCCCCCCCCCCCCCOc1ccc(-c2ccc(OCCCCCCCCCCCCCCCOCC(COS(C)(=O)=O)OCCC(C)CCCC(C)CCCC(C)CCCC(C)C)cc2)cc1)COS(C)(=O)=O. The quantitative estimate of drug-likeness (QED) is 0.0459. The van der Waals surface area contributed by atoms with Gasteiger partial charge in [-0.3, -0.25) is 8.37 Å². The van der Waals surface area contributed by atoms with Crippen molar-refractivity contribution in [1.82, 2.24) is 0 Å². The summed E-state index contributed by atoms with van der Waals surface area (Å²) in [7, 11) is -7.08. The van der Waals surface area contributed by atoms with Crippen LogP contribution in [0.1, 0.15) is 365 Å². The molecule has 0 aliphatic heterocycles. The molecule has 2 aromatic rings. The van der Waals surface area contributed by atoms with E-state index in [0.717, 1.165) is 124 Å². The molecule has 0 radical (unpaired) electrons. The maximum atomic E-state index is 11.7. The third kappa shape index (κ3) is 63.5. The van der Waals surface area contributed by atoms with E-state index in [-0.39, 0.29) is 25.4 Å². The lowest BCUT2D eigenvalue weighted by Gasteiger charge is -2.19. The number of benzene rings is 2. The molecule has 14 heteroatoms. The van der Waals surface area contributed by atoms with Crippen LogP contribution in [0.25, 0.3) is 11.1 Å². The van der Waals surface area contributed by atoms with Gasteiger partial charge in [-0.15, -0.1) is 0 Å². The highest BCUT2D eigenvalue weighted by atomic mass is 32.2. The third-order valence-electron chi connectivity index (χ3n) is 21.4. The van der Waals surface area contributed by atoms with E-state index >= 15 is 0 Å². The molecule has 0 N–H and O–H groups in total. The first-order chi connectivity index (χ1) is 50.1. The van der Waals surface area contributed by atoms with Gasteiger partial charge < -0.3 is 28.4 Å². The second-order valence-electron chi connectivity index (χ2n) is 33.6. The minimum Gasteiger partial charge on any atom is -0.494 e. The highest BCUT2D eigenvalue weighted by Crippen LogP contribution is 2.28. The van der Waals surface area contributed by atoms with Crippen LogP contribution in [0.4, 0.5) is 0 Å². The van der Waals surface area contributed by atoms with Crippen LogP contribution in [-0.2, 0) is 47.5 Å². The smallest absolute Gasteiger partial charge is 0.264 e. The number of hydrogen-bond donors (Lipinski definition) is 0. The van der Waals surface area contributed by atoms with Crippen molar-refractivity contribution in [3.05, 3.63) is 48.5 Å². The minimum absolute atomic E-state index is 0.00619. The number of rotatable bonds is 77. The molecule has 0 aromatic heterocycles. The Labute approximate surface area is 644 Å². The molecule has 104 heavy (non-hydrogen) atoms. The Hall–Kier alpha value is -2.30. The summed E-state index contributed by atoms with van der Waals surface area (Å²) in [6.45, 7) is 28.4. The van der Waals surface area contributed by atoms with Crippen molar-refractivity contribution < 1.29 is 53.6 Å². The Morgan fingerprint density at radius 1 is 0.250 bits per heavy atom. The predicted molar refractivity (Wildman–Crippen MR) is 443 cm³/mol. The monoisotopic (exact) mass is 1500 g/mol. The Morgan fingerprint density at radius 2 is 0.471 bits per heavy atom. The lowest BCUT2D eigenvalue weighted by atomic mass is 9.91. The highest BCUT2D eigenvalue weighted by molar-refractivity contribution is 7.86. The second kappa shape index (κ2) is 65.4. The molecule has 0 spiro atoms. The molecule has 8 unspecified atom stereocenters. The zero-order chi connectivity index (χ0) is 76.0. The molecule has 0 heterocycles. The van der Waals surface area contributed by atoms with E-state index in [0.29, 0.717) is 51.5 Å². The van der Waals surface area contributed by atoms with Crippen molar-refractivity contribution in [3.8, 4) is 22.6 Å². The number of hydrogen-bond acceptors (Lipinski definition) is 12. The average molecular weight is 1500 g/mol. The second-order valence-corrected chi connectivity index (χ2v) is 36.9. The zero-order valence-electron chi connectivity index (χ0n) is 69.7. The standard InChI is InChI=1S/C90H166O12S2/c1-77(2)45-39-47-79(5)49-41-51-81(7)53-43-55-83(9)65-71-99-89(75-101-103(11,91)92)73-95-67-35-31-27-23-19-15-13-17-21-25-29-33-37-69-97-87-61-57-85(58-62-87)86-59-63-88(64-60-86)98-70-38-34-30-26-22-18-14-16-20-24-28-32-36-68-96-74-90(76-102-104(12,93)94)100-72-66-84(10)56-44-54-82(8)52-42-50-80(6)48-40-46-78(3)4/h57-64,77-84,89-90H,13-56,65-76H2,1-12H3. The van der Waals surface area contributed by atoms with Crippen LogP contribution < -0.4 is 9.47 Å². The van der Waals surface area contributed by atoms with Crippen molar-refractivity contribution in [2.24, 2.45) is 47.3 Å². The van der Waals surface area contributed by atoms with Crippen molar-refractivity contribution in [1.29, 1.82) is 0 Å². The van der Waals surface area contributed by atoms with Crippen LogP contribution in [0.15, 0.2) is 48.5 Å². The molecule has 0 aliphatic rings. The third-order valence-corrected chi connectivity index (χ3v) is 22.6. The van der Waals surface area contributed by atoms with Crippen LogP contribution in [0.3, 0.4) is 0 Å². The molecule has 12 nitrogen and oxygen atoms in total. The van der Waals surface area contributed by atoms with E-state index in [2.05, 4.69) is 118 Å². The lowest BCUT2D eigenvalue weighted by molar-refractivity contribution is -0.0400. The lowest BCUT2D eigenvalue weighted by Crippen LogP contribution is -2.28. The summed E-state index contributed by atoms with van der Waals surface area (Å²) < 4.78 is 93.6. The van der Waals surface area contributed by atoms with Gasteiger partial charge in [-0.1, -0.05) is 350 Å². The van der Waals surface area contributed by atoms with E-state index < -0.39 is 20.2 Å². The van der Waals surface area contributed by atoms with Gasteiger partial charge >= 0.3 is 0 Å². The van der Waals surface area contributed by atoms with E-state index in [1.54, 1.807) is 0 Å². The van der Waals surface area contributed by atoms with Gasteiger partial charge in [-0.05, 0) is 121 Å². The molecule has 0 amide bonds. The van der Waals surface area contributed by atoms with E-state index in [4.69, 9.17) is 36.8 Å². The normalized spacial score (nSPS) is 14.6. The van der Waals surface area contributed by atoms with Gasteiger partial charge in [0.15, 0.2) is 0 Å². The van der Waals surface area contributed by atoms with Crippen LogP contribution in [0, 0.1) is 47.3 Å². The molecule has 2 rings (SSSR count). The van der Waals surface area contributed by atoms with E-state index in [1.165, 1.54) is 255 Å². The fraction of sp³-hybridized carbons (Fsp3) is 0.867. The van der Waals surface area contributed by atoms with Gasteiger partial charge in [0, 0.05) is 26.4 Å². The van der Waals surface area contributed by atoms with Gasteiger partial charge in [0.1, 0.15) is 23.7 Å². The summed E-state index contributed by atoms with van der Waals surface area (Å²) in [6.07, 6.45) is 59.6. The van der Waals surface area contributed by atoms with Gasteiger partial charge in [-0.2, -0.15) is 16.8 Å². The summed E-state index contributed by atoms with van der Waals surface area (Å²) in [5.74, 6) is 7.94. The molecule has 2 aromatic carbocycles. The summed E-state index contributed by atoms with van der Waals surface area (Å²) in [4.78, 5) is 0. The van der Waals surface area contributed by atoms with Crippen LogP contribution in [0.2, 0.25) is 0 Å². The van der Waals surface area contributed by atoms with Crippen molar-refractivity contribution in [2.75, 3.05) is 78.6 Å².